The van der Waals surface area contributed by atoms with Crippen LogP contribution in [0.2, 0.25) is 0 Å². The molecule has 2 heterocycles. The molecule has 2 aromatic heterocycles. The second-order valence-corrected chi connectivity index (χ2v) is 8.29. The number of nitrogens with one attached hydrogen (secondary N) is 1. The lowest BCUT2D eigenvalue weighted by Gasteiger charge is -2.15. The maximum absolute atomic E-state index is 14.1. The van der Waals surface area contributed by atoms with Crippen molar-refractivity contribution < 1.29 is 4.39 Å². The molecule has 5 rings (SSSR count). The highest BCUT2D eigenvalue weighted by Gasteiger charge is 2.14. The van der Waals surface area contributed by atoms with Crippen LogP contribution < -0.4 is 11.1 Å². The largest absolute Gasteiger partial charge is 0.372 e. The lowest BCUT2D eigenvalue weighted by atomic mass is 9.97. The minimum absolute atomic E-state index is 0.0189. The van der Waals surface area contributed by atoms with Crippen molar-refractivity contribution in [2.24, 2.45) is 12.8 Å². The van der Waals surface area contributed by atoms with Gasteiger partial charge in [0.25, 0.3) is 0 Å². The van der Waals surface area contributed by atoms with Crippen LogP contribution in [0.25, 0.3) is 27.8 Å². The Morgan fingerprint density at radius 2 is 1.91 bits per heavy atom. The molecule has 33 heavy (non-hydrogen) atoms. The molecule has 1 fully saturated rings. The van der Waals surface area contributed by atoms with Crippen molar-refractivity contribution in [3.8, 4) is 23.0 Å². The summed E-state index contributed by atoms with van der Waals surface area (Å²) in [5.41, 5.74) is 8.87. The molecule has 0 spiro atoms. The van der Waals surface area contributed by atoms with E-state index in [2.05, 4.69) is 15.5 Å². The Labute approximate surface area is 192 Å². The number of aryl methyl sites for hydroxylation is 1. The molecule has 8 heteroatoms. The van der Waals surface area contributed by atoms with E-state index in [0.717, 1.165) is 22.3 Å². The minimum Gasteiger partial charge on any atom is -0.372 e. The zero-order chi connectivity index (χ0) is 23.4. The van der Waals surface area contributed by atoms with E-state index < -0.39 is 5.82 Å². The topological polar surface area (TPSA) is 97.5 Å². The highest BCUT2D eigenvalue weighted by Crippen LogP contribution is 2.28. The number of rotatable bonds is 3. The third kappa shape index (κ3) is 4.89. The zero-order valence-corrected chi connectivity index (χ0v) is 18.9. The second kappa shape index (κ2) is 9.84. The van der Waals surface area contributed by atoms with Crippen LogP contribution in [0.5, 0.6) is 0 Å². The number of fused-ring (bicyclic) bond motifs is 1. The first-order chi connectivity index (χ1) is 16.0. The van der Waals surface area contributed by atoms with Crippen LogP contribution in [0.3, 0.4) is 0 Å². The molecule has 1 aliphatic rings. The summed E-state index contributed by atoms with van der Waals surface area (Å²) >= 11 is 0. The van der Waals surface area contributed by atoms with Crippen molar-refractivity contribution in [1.82, 2.24) is 19.6 Å². The van der Waals surface area contributed by atoms with Crippen LogP contribution >= 0.6 is 0 Å². The van der Waals surface area contributed by atoms with Crippen LogP contribution in [-0.2, 0) is 7.05 Å². The molecule has 1 aliphatic carbocycles. The van der Waals surface area contributed by atoms with E-state index in [4.69, 9.17) is 11.0 Å². The van der Waals surface area contributed by atoms with Gasteiger partial charge in [-0.05, 0) is 43.2 Å². The van der Waals surface area contributed by atoms with E-state index in [9.17, 15) is 4.39 Å². The molecule has 0 bridgehead atoms. The molecule has 0 unspecified atom stereocenters. The van der Waals surface area contributed by atoms with E-state index in [0.29, 0.717) is 17.4 Å². The number of hydrogen-bond donors (Lipinski definition) is 2. The van der Waals surface area contributed by atoms with Gasteiger partial charge in [-0.2, -0.15) is 10.4 Å². The molecule has 170 valence electrons. The molecule has 3 N–H and O–H groups in total. The fraction of sp³-hybridized carbons (Fsp3) is 0.320. The number of halogens is 1. The number of nitrogens with zero attached hydrogens (tertiary/aromatic N) is 5. The van der Waals surface area contributed by atoms with Crippen LogP contribution in [0, 0.1) is 17.1 Å². The minimum atomic E-state index is -0.550. The summed E-state index contributed by atoms with van der Waals surface area (Å²) in [6.07, 6.45) is 8.46. The SMILES string of the molecule is CNc1cc(-c2ccc(C#N)c(F)c2)n(-c2ccc3c(cnn3C)c2)n1.NC1CCCCC1. The summed E-state index contributed by atoms with van der Waals surface area (Å²) in [4.78, 5) is 0. The standard InChI is InChI=1S/C19H15FN6.C6H13N/c1-22-19-9-18(12-3-4-13(10-21)16(20)8-12)26(24-19)15-5-6-17-14(7-15)11-23-25(17)2;7-6-4-2-1-3-5-6/h3-9,11H,1-2H3,(H,22,24);6H,1-5,7H2. The summed E-state index contributed by atoms with van der Waals surface area (Å²) in [6.45, 7) is 0. The van der Waals surface area contributed by atoms with Crippen LogP contribution in [0.15, 0.2) is 48.7 Å². The molecular formula is C25H28FN7. The summed E-state index contributed by atoms with van der Waals surface area (Å²) in [5, 5.41) is 21.7. The monoisotopic (exact) mass is 445 g/mol. The summed E-state index contributed by atoms with van der Waals surface area (Å²) in [7, 11) is 3.67. The van der Waals surface area contributed by atoms with Gasteiger partial charge in [0.05, 0.1) is 28.7 Å². The number of benzene rings is 2. The van der Waals surface area contributed by atoms with Gasteiger partial charge in [0.2, 0.25) is 0 Å². The zero-order valence-electron chi connectivity index (χ0n) is 18.9. The number of nitrogens with two attached hydrogens (primary N) is 1. The normalized spacial score (nSPS) is 13.9. The highest BCUT2D eigenvalue weighted by molar-refractivity contribution is 5.81. The van der Waals surface area contributed by atoms with E-state index in [1.54, 1.807) is 28.7 Å². The summed E-state index contributed by atoms with van der Waals surface area (Å²) in [5.74, 6) is 0.113. The van der Waals surface area contributed by atoms with Gasteiger partial charge in [-0.25, -0.2) is 9.07 Å². The Morgan fingerprint density at radius 3 is 2.55 bits per heavy atom. The van der Waals surface area contributed by atoms with Crippen molar-refractivity contribution in [2.75, 3.05) is 12.4 Å². The van der Waals surface area contributed by atoms with E-state index in [1.165, 1.54) is 44.2 Å². The first kappa shape index (κ1) is 22.5. The number of nitriles is 1. The number of anilines is 1. The summed E-state index contributed by atoms with van der Waals surface area (Å²) < 4.78 is 17.6. The van der Waals surface area contributed by atoms with E-state index in [1.807, 2.05) is 37.4 Å². The highest BCUT2D eigenvalue weighted by atomic mass is 19.1. The Bertz CT molecular complexity index is 1290. The maximum atomic E-state index is 14.1. The van der Waals surface area contributed by atoms with Crippen molar-refractivity contribution >= 4 is 16.7 Å². The molecule has 1 saturated carbocycles. The smallest absolute Gasteiger partial charge is 0.148 e. The van der Waals surface area contributed by atoms with Gasteiger partial charge in [0.1, 0.15) is 17.7 Å². The fourth-order valence-electron chi connectivity index (χ4n) is 4.09. The van der Waals surface area contributed by atoms with Gasteiger partial charge in [0.15, 0.2) is 0 Å². The average Bonchev–Trinajstić information content (AvgIpc) is 3.43. The lowest BCUT2D eigenvalue weighted by molar-refractivity contribution is 0.441. The predicted octanol–water partition coefficient (Wildman–Crippen LogP) is 4.76. The molecule has 0 amide bonds. The van der Waals surface area contributed by atoms with E-state index >= 15 is 0 Å². The van der Waals surface area contributed by atoms with Crippen molar-refractivity contribution in [1.29, 1.82) is 5.26 Å². The third-order valence-electron chi connectivity index (χ3n) is 5.97. The van der Waals surface area contributed by atoms with Gasteiger partial charge in [0, 0.05) is 37.2 Å². The maximum Gasteiger partial charge on any atom is 0.148 e. The van der Waals surface area contributed by atoms with Gasteiger partial charge in [-0.15, -0.1) is 5.10 Å². The lowest BCUT2D eigenvalue weighted by Crippen LogP contribution is -2.22. The first-order valence-electron chi connectivity index (χ1n) is 11.2. The van der Waals surface area contributed by atoms with Gasteiger partial charge in [-0.3, -0.25) is 4.68 Å². The summed E-state index contributed by atoms with van der Waals surface area (Å²) in [6, 6.07) is 14.7. The molecule has 2 aromatic carbocycles. The van der Waals surface area contributed by atoms with Crippen molar-refractivity contribution in [2.45, 2.75) is 38.1 Å². The van der Waals surface area contributed by atoms with E-state index in [-0.39, 0.29) is 5.56 Å². The predicted molar refractivity (Wildman–Crippen MR) is 129 cm³/mol. The Hall–Kier alpha value is -3.70. The fourth-order valence-corrected chi connectivity index (χ4v) is 4.09. The van der Waals surface area contributed by atoms with Crippen molar-refractivity contribution in [3.63, 3.8) is 0 Å². The molecule has 0 aliphatic heterocycles. The van der Waals surface area contributed by atoms with Crippen LogP contribution in [0.1, 0.15) is 37.7 Å². The first-order valence-corrected chi connectivity index (χ1v) is 11.2. The average molecular weight is 446 g/mol. The second-order valence-electron chi connectivity index (χ2n) is 8.29. The Kier molecular flexibility index (Phi) is 6.71. The molecular weight excluding hydrogens is 417 g/mol. The molecule has 4 aromatic rings. The molecule has 0 radical (unpaired) electrons. The molecule has 0 saturated heterocycles. The van der Waals surface area contributed by atoms with Gasteiger partial charge >= 0.3 is 0 Å². The third-order valence-corrected chi connectivity index (χ3v) is 5.97. The van der Waals surface area contributed by atoms with Gasteiger partial charge < -0.3 is 11.1 Å². The Balaban J connectivity index is 0.000000318. The van der Waals surface area contributed by atoms with Crippen LogP contribution in [-0.4, -0.2) is 32.7 Å². The van der Waals surface area contributed by atoms with Crippen LogP contribution in [0.4, 0.5) is 10.2 Å². The quantitative estimate of drug-likeness (QED) is 0.474. The van der Waals surface area contributed by atoms with Gasteiger partial charge in [-0.1, -0.05) is 25.3 Å². The number of hydrogen-bond acceptors (Lipinski definition) is 5. The Morgan fingerprint density at radius 1 is 1.12 bits per heavy atom. The molecule has 0 atom stereocenters. The molecule has 7 nitrogen and oxygen atoms in total. The van der Waals surface area contributed by atoms with Crippen molar-refractivity contribution in [3.05, 3.63) is 60.0 Å². The number of aromatic nitrogens is 4.